The van der Waals surface area contributed by atoms with Crippen LogP contribution in [0.2, 0.25) is 0 Å². The molecular weight excluding hydrogens is 248 g/mol. The summed E-state index contributed by atoms with van der Waals surface area (Å²) in [6.07, 6.45) is 2.24. The van der Waals surface area contributed by atoms with Crippen LogP contribution in [0.5, 0.6) is 0 Å². The van der Waals surface area contributed by atoms with E-state index in [0.717, 1.165) is 31.5 Å². The number of nitrogens with zero attached hydrogens (tertiary/aromatic N) is 1. The summed E-state index contributed by atoms with van der Waals surface area (Å²) < 4.78 is 0. The molecule has 1 N–H and O–H groups in total. The molecule has 3 nitrogen and oxygen atoms in total. The molecular formula is C17H26N2O. The number of hydrogen-bond acceptors (Lipinski definition) is 2. The SMILES string of the molecule is CNC1CCCN(C(=O)C(C)(C)c2ccc(C)cc2)C1. The van der Waals surface area contributed by atoms with Crippen molar-refractivity contribution < 1.29 is 4.79 Å². The highest BCUT2D eigenvalue weighted by atomic mass is 16.2. The average molecular weight is 274 g/mol. The largest absolute Gasteiger partial charge is 0.340 e. The van der Waals surface area contributed by atoms with Crippen molar-refractivity contribution in [1.29, 1.82) is 0 Å². The van der Waals surface area contributed by atoms with Gasteiger partial charge in [-0.1, -0.05) is 29.8 Å². The Morgan fingerprint density at radius 1 is 1.30 bits per heavy atom. The van der Waals surface area contributed by atoms with Crippen LogP contribution < -0.4 is 5.32 Å². The van der Waals surface area contributed by atoms with Gasteiger partial charge in [-0.25, -0.2) is 0 Å². The number of nitrogens with one attached hydrogen (secondary N) is 1. The van der Waals surface area contributed by atoms with E-state index in [2.05, 4.69) is 36.5 Å². The van der Waals surface area contributed by atoms with Crippen LogP contribution in [0, 0.1) is 6.92 Å². The summed E-state index contributed by atoms with van der Waals surface area (Å²) in [5, 5.41) is 3.29. The second-order valence-corrected chi connectivity index (χ2v) is 6.37. The Bertz CT molecular complexity index is 464. The van der Waals surface area contributed by atoms with Gasteiger partial charge >= 0.3 is 0 Å². The molecule has 1 amide bonds. The highest BCUT2D eigenvalue weighted by Gasteiger charge is 2.35. The predicted octanol–water partition coefficient (Wildman–Crippen LogP) is 2.48. The van der Waals surface area contributed by atoms with Crippen LogP contribution in [-0.4, -0.2) is 37.0 Å². The number of aryl methyl sites for hydroxylation is 1. The molecule has 2 rings (SSSR count). The first kappa shape index (κ1) is 15.0. The molecule has 1 aliphatic rings. The molecule has 0 radical (unpaired) electrons. The van der Waals surface area contributed by atoms with Gasteiger partial charge in [0.05, 0.1) is 5.41 Å². The third kappa shape index (κ3) is 3.04. The number of carbonyl (C=O) groups excluding carboxylic acids is 1. The summed E-state index contributed by atoms with van der Waals surface area (Å²) in [5.41, 5.74) is 1.87. The molecule has 0 bridgehead atoms. The van der Waals surface area contributed by atoms with E-state index in [9.17, 15) is 4.79 Å². The summed E-state index contributed by atoms with van der Waals surface area (Å²) in [5.74, 6) is 0.237. The first-order chi connectivity index (χ1) is 9.45. The Morgan fingerprint density at radius 3 is 2.55 bits per heavy atom. The Hall–Kier alpha value is -1.35. The molecule has 0 spiro atoms. The zero-order valence-electron chi connectivity index (χ0n) is 13.1. The third-order valence-corrected chi connectivity index (χ3v) is 4.42. The lowest BCUT2D eigenvalue weighted by Gasteiger charge is -2.37. The number of piperidine rings is 1. The van der Waals surface area contributed by atoms with E-state index in [1.807, 2.05) is 25.8 Å². The number of hydrogen-bond donors (Lipinski definition) is 1. The third-order valence-electron chi connectivity index (χ3n) is 4.42. The number of amides is 1. The van der Waals surface area contributed by atoms with Crippen molar-refractivity contribution in [2.24, 2.45) is 0 Å². The fourth-order valence-corrected chi connectivity index (χ4v) is 2.89. The second kappa shape index (κ2) is 5.96. The van der Waals surface area contributed by atoms with Crippen molar-refractivity contribution in [3.8, 4) is 0 Å². The van der Waals surface area contributed by atoms with E-state index in [-0.39, 0.29) is 5.91 Å². The summed E-state index contributed by atoms with van der Waals surface area (Å²) in [7, 11) is 1.98. The van der Waals surface area contributed by atoms with Crippen molar-refractivity contribution >= 4 is 5.91 Å². The maximum atomic E-state index is 12.9. The van der Waals surface area contributed by atoms with Gasteiger partial charge in [-0.15, -0.1) is 0 Å². The topological polar surface area (TPSA) is 32.3 Å². The van der Waals surface area contributed by atoms with Crippen molar-refractivity contribution in [1.82, 2.24) is 10.2 Å². The fraction of sp³-hybridized carbons (Fsp3) is 0.588. The van der Waals surface area contributed by atoms with Crippen LogP contribution in [0.25, 0.3) is 0 Å². The normalized spacial score (nSPS) is 20.0. The number of rotatable bonds is 3. The number of likely N-dealkylation sites (N-methyl/N-ethyl adjacent to an activating group) is 1. The molecule has 1 aromatic rings. The molecule has 110 valence electrons. The first-order valence-corrected chi connectivity index (χ1v) is 7.49. The van der Waals surface area contributed by atoms with Crippen LogP contribution in [-0.2, 0) is 10.2 Å². The molecule has 0 aliphatic carbocycles. The molecule has 1 heterocycles. The fourth-order valence-electron chi connectivity index (χ4n) is 2.89. The zero-order valence-corrected chi connectivity index (χ0v) is 13.1. The lowest BCUT2D eigenvalue weighted by atomic mass is 9.82. The Labute approximate surface area is 122 Å². The van der Waals surface area contributed by atoms with Crippen molar-refractivity contribution in [2.75, 3.05) is 20.1 Å². The van der Waals surface area contributed by atoms with E-state index in [4.69, 9.17) is 0 Å². The lowest BCUT2D eigenvalue weighted by molar-refractivity contribution is -0.137. The highest BCUT2D eigenvalue weighted by Crippen LogP contribution is 2.27. The van der Waals surface area contributed by atoms with Crippen molar-refractivity contribution in [3.05, 3.63) is 35.4 Å². The number of likely N-dealkylation sites (tertiary alicyclic amines) is 1. The lowest BCUT2D eigenvalue weighted by Crippen LogP contribution is -2.51. The Morgan fingerprint density at radius 2 is 1.95 bits per heavy atom. The van der Waals surface area contributed by atoms with Crippen LogP contribution in [0.3, 0.4) is 0 Å². The Balaban J connectivity index is 2.16. The summed E-state index contributed by atoms with van der Waals surface area (Å²) in [6.45, 7) is 7.84. The standard InChI is InChI=1S/C17H26N2O/c1-13-7-9-14(10-8-13)17(2,3)16(20)19-11-5-6-15(12-19)18-4/h7-10,15,18H,5-6,11-12H2,1-4H3. The smallest absolute Gasteiger partial charge is 0.232 e. The predicted molar refractivity (Wildman–Crippen MR) is 82.9 cm³/mol. The van der Waals surface area contributed by atoms with Crippen LogP contribution >= 0.6 is 0 Å². The van der Waals surface area contributed by atoms with Gasteiger partial charge < -0.3 is 10.2 Å². The van der Waals surface area contributed by atoms with Crippen molar-refractivity contribution in [3.63, 3.8) is 0 Å². The zero-order chi connectivity index (χ0) is 14.8. The number of benzene rings is 1. The highest BCUT2D eigenvalue weighted by molar-refractivity contribution is 5.87. The molecule has 1 aromatic carbocycles. The molecule has 1 aliphatic heterocycles. The molecule has 3 heteroatoms. The van der Waals surface area contributed by atoms with Gasteiger partial charge in [-0.3, -0.25) is 4.79 Å². The van der Waals surface area contributed by atoms with Gasteiger partial charge in [0, 0.05) is 19.1 Å². The van der Waals surface area contributed by atoms with E-state index >= 15 is 0 Å². The van der Waals surface area contributed by atoms with Gasteiger partial charge in [0.15, 0.2) is 0 Å². The quantitative estimate of drug-likeness (QED) is 0.918. The molecule has 20 heavy (non-hydrogen) atoms. The maximum absolute atomic E-state index is 12.9. The minimum absolute atomic E-state index is 0.237. The van der Waals surface area contributed by atoms with Crippen LogP contribution in [0.15, 0.2) is 24.3 Å². The minimum atomic E-state index is -0.455. The minimum Gasteiger partial charge on any atom is -0.340 e. The van der Waals surface area contributed by atoms with Gasteiger partial charge in [0.2, 0.25) is 5.91 Å². The van der Waals surface area contributed by atoms with Gasteiger partial charge in [0.25, 0.3) is 0 Å². The monoisotopic (exact) mass is 274 g/mol. The summed E-state index contributed by atoms with van der Waals surface area (Å²) in [4.78, 5) is 14.9. The number of carbonyl (C=O) groups is 1. The van der Waals surface area contributed by atoms with E-state index in [1.54, 1.807) is 0 Å². The van der Waals surface area contributed by atoms with Gasteiger partial charge in [0.1, 0.15) is 0 Å². The van der Waals surface area contributed by atoms with Crippen molar-refractivity contribution in [2.45, 2.75) is 45.1 Å². The molecule has 1 atom stereocenters. The molecule has 1 saturated heterocycles. The maximum Gasteiger partial charge on any atom is 0.232 e. The second-order valence-electron chi connectivity index (χ2n) is 6.37. The van der Waals surface area contributed by atoms with E-state index in [1.165, 1.54) is 5.56 Å². The van der Waals surface area contributed by atoms with Gasteiger partial charge in [-0.2, -0.15) is 0 Å². The Kier molecular flexibility index (Phi) is 4.48. The van der Waals surface area contributed by atoms with Crippen LogP contribution in [0.4, 0.5) is 0 Å². The molecule has 1 unspecified atom stereocenters. The first-order valence-electron chi connectivity index (χ1n) is 7.49. The summed E-state index contributed by atoms with van der Waals surface area (Å²) >= 11 is 0. The molecule has 0 aromatic heterocycles. The average Bonchev–Trinajstić information content (AvgIpc) is 2.47. The molecule has 0 saturated carbocycles. The van der Waals surface area contributed by atoms with E-state index in [0.29, 0.717) is 6.04 Å². The van der Waals surface area contributed by atoms with Crippen LogP contribution in [0.1, 0.15) is 37.8 Å². The summed E-state index contributed by atoms with van der Waals surface area (Å²) in [6, 6.07) is 8.74. The molecule has 1 fully saturated rings. The van der Waals surface area contributed by atoms with Gasteiger partial charge in [-0.05, 0) is 46.2 Å². The van der Waals surface area contributed by atoms with E-state index < -0.39 is 5.41 Å².